The number of halogens is 1. The van der Waals surface area contributed by atoms with Gasteiger partial charge in [0.1, 0.15) is 5.82 Å². The summed E-state index contributed by atoms with van der Waals surface area (Å²) in [6.07, 6.45) is 2.53. The predicted octanol–water partition coefficient (Wildman–Crippen LogP) is 3.95. The predicted molar refractivity (Wildman–Crippen MR) is 95.5 cm³/mol. The zero-order valence-corrected chi connectivity index (χ0v) is 14.9. The zero-order valence-electron chi connectivity index (χ0n) is 13.3. The van der Waals surface area contributed by atoms with E-state index < -0.39 is 0 Å². The van der Waals surface area contributed by atoms with Crippen LogP contribution >= 0.6 is 23.1 Å². The summed E-state index contributed by atoms with van der Waals surface area (Å²) in [5.74, 6) is 1.71. The number of nitrogens with zero attached hydrogens (tertiary/aromatic N) is 4. The molecule has 2 aromatic rings. The van der Waals surface area contributed by atoms with Crippen LogP contribution in [0.4, 0.5) is 5.13 Å². The summed E-state index contributed by atoms with van der Waals surface area (Å²) in [5, 5.41) is 1.96. The number of anilines is 1. The van der Waals surface area contributed by atoms with Crippen LogP contribution in [-0.4, -0.2) is 40.4 Å². The van der Waals surface area contributed by atoms with Crippen molar-refractivity contribution in [3.05, 3.63) is 40.7 Å². The first-order valence-electron chi connectivity index (χ1n) is 8.29. The molecule has 122 valence electrons. The third-order valence-corrected chi connectivity index (χ3v) is 6.00. The minimum atomic E-state index is 0.349. The third-order valence-electron chi connectivity index (χ3n) is 4.86. The van der Waals surface area contributed by atoms with E-state index in [4.69, 9.17) is 16.6 Å². The van der Waals surface area contributed by atoms with E-state index in [1.54, 1.807) is 11.5 Å². The van der Waals surface area contributed by atoms with E-state index >= 15 is 0 Å². The molecular weight excluding hydrogens is 328 g/mol. The molecule has 1 saturated carbocycles. The van der Waals surface area contributed by atoms with Crippen molar-refractivity contribution in [1.29, 1.82) is 0 Å². The fraction of sp³-hybridized carbons (Fsp3) is 0.529. The number of hydrogen-bond acceptors (Lipinski definition) is 5. The van der Waals surface area contributed by atoms with Crippen molar-refractivity contribution in [2.75, 3.05) is 31.1 Å². The van der Waals surface area contributed by atoms with E-state index in [0.29, 0.717) is 12.0 Å². The summed E-state index contributed by atoms with van der Waals surface area (Å²) in [6, 6.07) is 8.51. The normalized spacial score (nSPS) is 20.7. The van der Waals surface area contributed by atoms with Gasteiger partial charge in [0.25, 0.3) is 0 Å². The van der Waals surface area contributed by atoms with Crippen LogP contribution in [0.15, 0.2) is 24.3 Å². The monoisotopic (exact) mass is 348 g/mol. The maximum absolute atomic E-state index is 6.35. The lowest BCUT2D eigenvalue weighted by Crippen LogP contribution is -2.47. The molecule has 1 atom stereocenters. The fourth-order valence-electron chi connectivity index (χ4n) is 3.17. The molecule has 2 heterocycles. The lowest BCUT2D eigenvalue weighted by molar-refractivity contribution is 0.198. The molecule has 1 aromatic carbocycles. The van der Waals surface area contributed by atoms with Gasteiger partial charge in [0.15, 0.2) is 0 Å². The second-order valence-corrected chi connectivity index (χ2v) is 7.57. The minimum Gasteiger partial charge on any atom is -0.344 e. The van der Waals surface area contributed by atoms with Gasteiger partial charge in [-0.2, -0.15) is 4.37 Å². The van der Waals surface area contributed by atoms with Crippen LogP contribution in [0.2, 0.25) is 5.02 Å². The van der Waals surface area contributed by atoms with Gasteiger partial charge in [-0.05, 0) is 31.4 Å². The molecule has 1 saturated heterocycles. The maximum atomic E-state index is 6.35. The first-order valence-corrected chi connectivity index (χ1v) is 9.44. The van der Waals surface area contributed by atoms with Gasteiger partial charge in [0, 0.05) is 54.7 Å². The summed E-state index contributed by atoms with van der Waals surface area (Å²) in [4.78, 5) is 9.61. The largest absolute Gasteiger partial charge is 0.344 e. The zero-order chi connectivity index (χ0) is 15.8. The van der Waals surface area contributed by atoms with E-state index in [2.05, 4.69) is 33.2 Å². The van der Waals surface area contributed by atoms with Crippen LogP contribution in [0.25, 0.3) is 0 Å². The Balaban J connectivity index is 1.39. The van der Waals surface area contributed by atoms with Gasteiger partial charge in [-0.15, -0.1) is 0 Å². The Kier molecular flexibility index (Phi) is 4.26. The van der Waals surface area contributed by atoms with Crippen LogP contribution in [0.3, 0.4) is 0 Å². The average Bonchev–Trinajstić information content (AvgIpc) is 3.32. The molecule has 2 fully saturated rings. The molecule has 4 rings (SSSR count). The number of aromatic nitrogens is 2. The molecule has 0 spiro atoms. The fourth-order valence-corrected chi connectivity index (χ4v) is 4.26. The molecule has 1 aliphatic carbocycles. The van der Waals surface area contributed by atoms with E-state index in [1.165, 1.54) is 18.4 Å². The molecule has 0 radical (unpaired) electrons. The van der Waals surface area contributed by atoms with Gasteiger partial charge >= 0.3 is 0 Å². The maximum Gasteiger partial charge on any atom is 0.205 e. The lowest BCUT2D eigenvalue weighted by atomic mass is 10.1. The van der Waals surface area contributed by atoms with E-state index in [1.807, 2.05) is 12.1 Å². The van der Waals surface area contributed by atoms with Crippen LogP contribution < -0.4 is 4.90 Å². The number of rotatable bonds is 4. The molecule has 0 bridgehead atoms. The van der Waals surface area contributed by atoms with Gasteiger partial charge in [-0.25, -0.2) is 4.98 Å². The summed E-state index contributed by atoms with van der Waals surface area (Å²) in [6.45, 7) is 6.32. The molecule has 2 aliphatic rings. The lowest BCUT2D eigenvalue weighted by Gasteiger charge is -2.38. The Morgan fingerprint density at radius 1 is 1.17 bits per heavy atom. The SMILES string of the molecule is CC(c1ccccc1Cl)N1CCN(c2nc(C3CC3)ns2)CC1. The van der Waals surface area contributed by atoms with Crippen LogP contribution in [0.1, 0.15) is 43.1 Å². The highest BCUT2D eigenvalue weighted by Crippen LogP contribution is 2.40. The van der Waals surface area contributed by atoms with E-state index in [-0.39, 0.29) is 0 Å². The van der Waals surface area contributed by atoms with Gasteiger partial charge in [-0.3, -0.25) is 4.90 Å². The Hall–Kier alpha value is -1.17. The van der Waals surface area contributed by atoms with Crippen molar-refractivity contribution in [2.45, 2.75) is 31.7 Å². The second-order valence-electron chi connectivity index (χ2n) is 6.43. The smallest absolute Gasteiger partial charge is 0.205 e. The van der Waals surface area contributed by atoms with Crippen molar-refractivity contribution in [3.63, 3.8) is 0 Å². The summed E-state index contributed by atoms with van der Waals surface area (Å²) >= 11 is 7.91. The number of benzene rings is 1. The second kappa shape index (κ2) is 6.38. The highest BCUT2D eigenvalue weighted by molar-refractivity contribution is 7.09. The molecule has 1 unspecified atom stereocenters. The minimum absolute atomic E-state index is 0.349. The molecule has 0 N–H and O–H groups in total. The van der Waals surface area contributed by atoms with Crippen molar-refractivity contribution in [1.82, 2.24) is 14.3 Å². The molecular formula is C17H21ClN4S. The van der Waals surface area contributed by atoms with Crippen molar-refractivity contribution >= 4 is 28.3 Å². The number of piperazine rings is 1. The Morgan fingerprint density at radius 2 is 1.91 bits per heavy atom. The van der Waals surface area contributed by atoms with Crippen molar-refractivity contribution in [2.24, 2.45) is 0 Å². The molecule has 6 heteroatoms. The van der Waals surface area contributed by atoms with Crippen LogP contribution in [0.5, 0.6) is 0 Å². The molecule has 23 heavy (non-hydrogen) atoms. The highest BCUT2D eigenvalue weighted by Gasteiger charge is 2.30. The average molecular weight is 349 g/mol. The molecule has 1 aliphatic heterocycles. The molecule has 0 amide bonds. The van der Waals surface area contributed by atoms with Crippen molar-refractivity contribution in [3.8, 4) is 0 Å². The number of hydrogen-bond donors (Lipinski definition) is 0. The third kappa shape index (κ3) is 3.23. The van der Waals surface area contributed by atoms with E-state index in [9.17, 15) is 0 Å². The first-order chi connectivity index (χ1) is 11.2. The Bertz CT molecular complexity index is 677. The first kappa shape index (κ1) is 15.4. The van der Waals surface area contributed by atoms with Crippen molar-refractivity contribution < 1.29 is 0 Å². The quantitative estimate of drug-likeness (QED) is 0.837. The summed E-state index contributed by atoms with van der Waals surface area (Å²) < 4.78 is 4.52. The van der Waals surface area contributed by atoms with Crippen LogP contribution in [-0.2, 0) is 0 Å². The summed E-state index contributed by atoms with van der Waals surface area (Å²) in [5.41, 5.74) is 1.22. The van der Waals surface area contributed by atoms with Gasteiger partial charge in [0.2, 0.25) is 5.13 Å². The topological polar surface area (TPSA) is 32.3 Å². The van der Waals surface area contributed by atoms with E-state index in [0.717, 1.165) is 42.2 Å². The van der Waals surface area contributed by atoms with Gasteiger partial charge < -0.3 is 4.90 Å². The Labute approximate surface area is 146 Å². The molecule has 1 aromatic heterocycles. The highest BCUT2D eigenvalue weighted by atomic mass is 35.5. The molecule has 4 nitrogen and oxygen atoms in total. The van der Waals surface area contributed by atoms with Gasteiger partial charge in [0.05, 0.1) is 0 Å². The summed E-state index contributed by atoms with van der Waals surface area (Å²) in [7, 11) is 0. The standard InChI is InChI=1S/C17H21ClN4S/c1-12(14-4-2-3-5-15(14)18)21-8-10-22(11-9-21)17-19-16(20-23-17)13-6-7-13/h2-5,12-13H,6-11H2,1H3. The van der Waals surface area contributed by atoms with Crippen LogP contribution in [0, 0.1) is 0 Å². The Morgan fingerprint density at radius 3 is 2.61 bits per heavy atom. The van der Waals surface area contributed by atoms with Gasteiger partial charge in [-0.1, -0.05) is 29.8 Å².